The van der Waals surface area contributed by atoms with E-state index in [1.807, 2.05) is 0 Å². The van der Waals surface area contributed by atoms with Crippen LogP contribution in [0.25, 0.3) is 0 Å². The monoisotopic (exact) mass is 260 g/mol. The maximum atomic E-state index is 5.80. The standard InChI is InChI=1S/C16H24N2O/c1-16(2)12-18(7-8-19-16)11-14-10-17-9-13-5-3-4-6-15(13)14/h3-6,14,17H,7-12H2,1-2H3. The first-order valence-electron chi connectivity index (χ1n) is 7.29. The van der Waals surface area contributed by atoms with E-state index < -0.39 is 0 Å². The number of morpholine rings is 1. The molecule has 0 radical (unpaired) electrons. The van der Waals surface area contributed by atoms with Crippen molar-refractivity contribution in [3.8, 4) is 0 Å². The molecule has 1 N–H and O–H groups in total. The highest BCUT2D eigenvalue weighted by atomic mass is 16.5. The number of hydrogen-bond acceptors (Lipinski definition) is 3. The highest BCUT2D eigenvalue weighted by molar-refractivity contribution is 5.32. The molecule has 2 aliphatic rings. The van der Waals surface area contributed by atoms with E-state index in [9.17, 15) is 0 Å². The molecule has 3 heteroatoms. The van der Waals surface area contributed by atoms with E-state index in [1.165, 1.54) is 11.1 Å². The van der Waals surface area contributed by atoms with Gasteiger partial charge < -0.3 is 10.1 Å². The summed E-state index contributed by atoms with van der Waals surface area (Å²) in [7, 11) is 0. The fourth-order valence-electron chi connectivity index (χ4n) is 3.33. The largest absolute Gasteiger partial charge is 0.373 e. The molecule has 0 bridgehead atoms. The van der Waals surface area contributed by atoms with Crippen molar-refractivity contribution in [2.24, 2.45) is 0 Å². The molecule has 3 nitrogen and oxygen atoms in total. The van der Waals surface area contributed by atoms with E-state index in [2.05, 4.69) is 48.3 Å². The molecule has 3 rings (SSSR count). The van der Waals surface area contributed by atoms with E-state index in [4.69, 9.17) is 4.74 Å². The third-order valence-corrected chi connectivity index (χ3v) is 4.18. The van der Waals surface area contributed by atoms with Crippen molar-refractivity contribution >= 4 is 0 Å². The Kier molecular flexibility index (Phi) is 3.61. The predicted molar refractivity (Wildman–Crippen MR) is 77.4 cm³/mol. The summed E-state index contributed by atoms with van der Waals surface area (Å²) in [6.07, 6.45) is 0. The maximum absolute atomic E-state index is 5.80. The number of rotatable bonds is 2. The topological polar surface area (TPSA) is 24.5 Å². The Labute approximate surface area is 115 Å². The Hall–Kier alpha value is -0.900. The summed E-state index contributed by atoms with van der Waals surface area (Å²) < 4.78 is 5.80. The fourth-order valence-corrected chi connectivity index (χ4v) is 3.33. The molecule has 0 aliphatic carbocycles. The van der Waals surface area contributed by atoms with Crippen LogP contribution in [0.4, 0.5) is 0 Å². The second-order valence-corrected chi connectivity index (χ2v) is 6.37. The van der Waals surface area contributed by atoms with Gasteiger partial charge in [-0.1, -0.05) is 24.3 Å². The first kappa shape index (κ1) is 13.1. The van der Waals surface area contributed by atoms with Gasteiger partial charge in [0.15, 0.2) is 0 Å². The van der Waals surface area contributed by atoms with Gasteiger partial charge >= 0.3 is 0 Å². The smallest absolute Gasteiger partial charge is 0.0753 e. The number of nitrogens with zero attached hydrogens (tertiary/aromatic N) is 1. The van der Waals surface area contributed by atoms with Crippen molar-refractivity contribution in [1.29, 1.82) is 0 Å². The molecule has 0 spiro atoms. The summed E-state index contributed by atoms with van der Waals surface area (Å²) in [6, 6.07) is 8.85. The van der Waals surface area contributed by atoms with Crippen LogP contribution in [-0.4, -0.2) is 43.3 Å². The molecular formula is C16H24N2O. The van der Waals surface area contributed by atoms with Crippen LogP contribution in [-0.2, 0) is 11.3 Å². The average Bonchev–Trinajstić information content (AvgIpc) is 2.38. The molecule has 0 saturated carbocycles. The first-order valence-corrected chi connectivity index (χ1v) is 7.29. The zero-order chi connectivity index (χ0) is 13.3. The number of fused-ring (bicyclic) bond motifs is 1. The highest BCUT2D eigenvalue weighted by Gasteiger charge is 2.29. The number of benzene rings is 1. The van der Waals surface area contributed by atoms with Crippen molar-refractivity contribution < 1.29 is 4.74 Å². The zero-order valence-corrected chi connectivity index (χ0v) is 12.0. The van der Waals surface area contributed by atoms with Gasteiger partial charge in [-0.05, 0) is 25.0 Å². The minimum absolute atomic E-state index is 0.000136. The third kappa shape index (κ3) is 2.99. The lowest BCUT2D eigenvalue weighted by molar-refractivity contribution is -0.0871. The van der Waals surface area contributed by atoms with Gasteiger partial charge in [-0.15, -0.1) is 0 Å². The van der Waals surface area contributed by atoms with Crippen LogP contribution in [0.2, 0.25) is 0 Å². The van der Waals surface area contributed by atoms with Gasteiger partial charge in [-0.2, -0.15) is 0 Å². The molecule has 1 unspecified atom stereocenters. The molecule has 1 fully saturated rings. The van der Waals surface area contributed by atoms with Crippen LogP contribution >= 0.6 is 0 Å². The molecule has 0 aromatic heterocycles. The van der Waals surface area contributed by atoms with Crippen LogP contribution < -0.4 is 5.32 Å². The van der Waals surface area contributed by atoms with Crippen LogP contribution in [0, 0.1) is 0 Å². The minimum atomic E-state index is -0.000136. The number of nitrogens with one attached hydrogen (secondary N) is 1. The molecule has 19 heavy (non-hydrogen) atoms. The molecule has 1 aromatic rings. The third-order valence-electron chi connectivity index (χ3n) is 4.18. The summed E-state index contributed by atoms with van der Waals surface area (Å²) in [6.45, 7) is 10.6. The van der Waals surface area contributed by atoms with E-state index in [1.54, 1.807) is 0 Å². The molecule has 104 valence electrons. The Morgan fingerprint density at radius 1 is 1.37 bits per heavy atom. The van der Waals surface area contributed by atoms with E-state index in [0.717, 1.165) is 39.3 Å². The number of hydrogen-bond donors (Lipinski definition) is 1. The van der Waals surface area contributed by atoms with Gasteiger partial charge in [-0.3, -0.25) is 4.90 Å². The summed E-state index contributed by atoms with van der Waals surface area (Å²) in [5.41, 5.74) is 3.00. The Bertz CT molecular complexity index is 444. The van der Waals surface area contributed by atoms with Crippen LogP contribution in [0.1, 0.15) is 30.9 Å². The molecule has 1 aromatic carbocycles. The van der Waals surface area contributed by atoms with Crippen molar-refractivity contribution in [3.63, 3.8) is 0 Å². The summed E-state index contributed by atoms with van der Waals surface area (Å²) in [4.78, 5) is 2.55. The second kappa shape index (κ2) is 5.23. The van der Waals surface area contributed by atoms with E-state index in [-0.39, 0.29) is 5.60 Å². The van der Waals surface area contributed by atoms with Crippen LogP contribution in [0.15, 0.2) is 24.3 Å². The molecule has 1 saturated heterocycles. The summed E-state index contributed by atoms with van der Waals surface area (Å²) in [5.74, 6) is 0.610. The predicted octanol–water partition coefficient (Wildman–Crippen LogP) is 1.98. The van der Waals surface area contributed by atoms with Gasteiger partial charge in [0.1, 0.15) is 0 Å². The Morgan fingerprint density at radius 3 is 3.05 bits per heavy atom. The first-order chi connectivity index (χ1) is 9.14. The van der Waals surface area contributed by atoms with Crippen molar-refractivity contribution in [1.82, 2.24) is 10.2 Å². The highest BCUT2D eigenvalue weighted by Crippen LogP contribution is 2.26. The van der Waals surface area contributed by atoms with E-state index in [0.29, 0.717) is 5.92 Å². The van der Waals surface area contributed by atoms with Crippen LogP contribution in [0.3, 0.4) is 0 Å². The van der Waals surface area contributed by atoms with Crippen molar-refractivity contribution in [2.75, 3.05) is 32.8 Å². The quantitative estimate of drug-likeness (QED) is 0.880. The van der Waals surface area contributed by atoms with E-state index >= 15 is 0 Å². The van der Waals surface area contributed by atoms with Crippen LogP contribution in [0.5, 0.6) is 0 Å². The second-order valence-electron chi connectivity index (χ2n) is 6.37. The summed E-state index contributed by atoms with van der Waals surface area (Å²) >= 11 is 0. The molecule has 2 aliphatic heterocycles. The maximum Gasteiger partial charge on any atom is 0.0753 e. The summed E-state index contributed by atoms with van der Waals surface area (Å²) in [5, 5.41) is 3.54. The lowest BCUT2D eigenvalue weighted by Gasteiger charge is -2.40. The lowest BCUT2D eigenvalue weighted by atomic mass is 9.90. The van der Waals surface area contributed by atoms with Gasteiger partial charge in [-0.25, -0.2) is 0 Å². The zero-order valence-electron chi connectivity index (χ0n) is 12.0. The average molecular weight is 260 g/mol. The van der Waals surface area contributed by atoms with Gasteiger partial charge in [0.25, 0.3) is 0 Å². The Balaban J connectivity index is 1.71. The van der Waals surface area contributed by atoms with Crippen molar-refractivity contribution in [3.05, 3.63) is 35.4 Å². The normalized spacial score (nSPS) is 26.9. The molecule has 1 atom stereocenters. The molecule has 0 amide bonds. The lowest BCUT2D eigenvalue weighted by Crippen LogP contribution is -2.50. The van der Waals surface area contributed by atoms with Gasteiger partial charge in [0, 0.05) is 38.6 Å². The molecule has 2 heterocycles. The fraction of sp³-hybridized carbons (Fsp3) is 0.625. The van der Waals surface area contributed by atoms with Crippen molar-refractivity contribution in [2.45, 2.75) is 31.9 Å². The number of ether oxygens (including phenoxy) is 1. The van der Waals surface area contributed by atoms with Gasteiger partial charge in [0.2, 0.25) is 0 Å². The minimum Gasteiger partial charge on any atom is -0.373 e. The molecular weight excluding hydrogens is 236 g/mol. The Morgan fingerprint density at radius 2 is 2.21 bits per heavy atom. The van der Waals surface area contributed by atoms with Gasteiger partial charge in [0.05, 0.1) is 12.2 Å². The SMILES string of the molecule is CC1(C)CN(CC2CNCc3ccccc32)CCO1.